The van der Waals surface area contributed by atoms with Gasteiger partial charge in [0, 0.05) is 37.8 Å². The average molecular weight is 488 g/mol. The molecule has 4 rings (SSSR count). The molecule has 1 aliphatic heterocycles. The highest BCUT2D eigenvalue weighted by Crippen LogP contribution is 2.31. The molecule has 0 N–H and O–H groups in total. The predicted molar refractivity (Wildman–Crippen MR) is 124 cm³/mol. The second kappa shape index (κ2) is 9.96. The highest BCUT2D eigenvalue weighted by atomic mass is 32.2. The zero-order chi connectivity index (χ0) is 24.3. The Morgan fingerprint density at radius 1 is 0.824 bits per heavy atom. The zero-order valence-corrected chi connectivity index (χ0v) is 19.0. The molecule has 0 aliphatic carbocycles. The molecule has 0 aromatic heterocycles. The second-order valence-corrected chi connectivity index (χ2v) is 10.1. The van der Waals surface area contributed by atoms with Gasteiger partial charge in [0.25, 0.3) is 5.69 Å². The minimum absolute atomic E-state index is 0.144. The summed E-state index contributed by atoms with van der Waals surface area (Å²) in [4.78, 5) is 12.7. The summed E-state index contributed by atoms with van der Waals surface area (Å²) in [6.45, 7) is 1.16. The fraction of sp³-hybridized carbons (Fsp3) is 0.250. The summed E-state index contributed by atoms with van der Waals surface area (Å²) in [5, 5.41) is 11.3. The van der Waals surface area contributed by atoms with Crippen molar-refractivity contribution in [2.45, 2.75) is 11.8 Å². The first kappa shape index (κ1) is 23.9. The molecular weight excluding hydrogens is 464 g/mol. The standard InChI is InChI=1S/C24H23F2N3O4S/c25-21-9-5-18(6-10-21)24(19-7-11-22(26)12-8-19)27-13-15-28(16-14-27)34(32,33)17-20-3-1-2-4-23(20)29(30)31/h1-12,24H,13-17H2. The number of nitro benzene ring substituents is 1. The van der Waals surface area contributed by atoms with Gasteiger partial charge in [-0.05, 0) is 35.4 Å². The Morgan fingerprint density at radius 2 is 1.32 bits per heavy atom. The van der Waals surface area contributed by atoms with Gasteiger partial charge in [0.1, 0.15) is 11.6 Å². The molecule has 1 saturated heterocycles. The number of sulfonamides is 1. The van der Waals surface area contributed by atoms with Crippen LogP contribution in [-0.4, -0.2) is 48.7 Å². The van der Waals surface area contributed by atoms with Gasteiger partial charge in [-0.2, -0.15) is 4.31 Å². The summed E-state index contributed by atoms with van der Waals surface area (Å²) in [7, 11) is -3.78. The third-order valence-corrected chi connectivity index (χ3v) is 7.76. The van der Waals surface area contributed by atoms with Crippen molar-refractivity contribution in [1.82, 2.24) is 9.21 Å². The van der Waals surface area contributed by atoms with Gasteiger partial charge in [-0.25, -0.2) is 17.2 Å². The summed E-state index contributed by atoms with van der Waals surface area (Å²) in [6, 6.07) is 17.6. The van der Waals surface area contributed by atoms with Crippen LogP contribution in [0.4, 0.5) is 14.5 Å². The van der Waals surface area contributed by atoms with E-state index in [1.807, 2.05) is 0 Å². The van der Waals surface area contributed by atoms with Crippen LogP contribution in [-0.2, 0) is 15.8 Å². The fourth-order valence-corrected chi connectivity index (χ4v) is 5.78. The molecule has 3 aromatic carbocycles. The Kier molecular flexibility index (Phi) is 7.01. The van der Waals surface area contributed by atoms with Gasteiger partial charge < -0.3 is 0 Å². The largest absolute Gasteiger partial charge is 0.290 e. The molecule has 1 heterocycles. The first-order valence-corrected chi connectivity index (χ1v) is 12.3. The predicted octanol–water partition coefficient (Wildman–Crippen LogP) is 4.11. The van der Waals surface area contributed by atoms with Crippen molar-refractivity contribution in [1.29, 1.82) is 0 Å². The van der Waals surface area contributed by atoms with Crippen LogP contribution in [0.15, 0.2) is 72.8 Å². The molecule has 1 fully saturated rings. The zero-order valence-electron chi connectivity index (χ0n) is 18.2. The molecule has 0 atom stereocenters. The molecule has 0 spiro atoms. The van der Waals surface area contributed by atoms with Crippen molar-refractivity contribution < 1.29 is 22.1 Å². The van der Waals surface area contributed by atoms with Crippen LogP contribution < -0.4 is 0 Å². The van der Waals surface area contributed by atoms with E-state index < -0.39 is 20.7 Å². The van der Waals surface area contributed by atoms with Crippen LogP contribution in [0.3, 0.4) is 0 Å². The molecular formula is C24H23F2N3O4S. The number of hydrogen-bond donors (Lipinski definition) is 0. The highest BCUT2D eigenvalue weighted by molar-refractivity contribution is 7.88. The van der Waals surface area contributed by atoms with Crippen LogP contribution >= 0.6 is 0 Å². The van der Waals surface area contributed by atoms with E-state index in [2.05, 4.69) is 4.90 Å². The minimum atomic E-state index is -3.78. The van der Waals surface area contributed by atoms with Gasteiger partial charge in [-0.1, -0.05) is 42.5 Å². The van der Waals surface area contributed by atoms with Crippen molar-refractivity contribution in [2.24, 2.45) is 0 Å². The number of nitrogens with zero attached hydrogens (tertiary/aromatic N) is 3. The molecule has 178 valence electrons. The minimum Gasteiger partial charge on any atom is -0.290 e. The summed E-state index contributed by atoms with van der Waals surface area (Å²) < 4.78 is 54.4. The molecule has 0 saturated carbocycles. The third kappa shape index (κ3) is 5.30. The van der Waals surface area contributed by atoms with E-state index in [0.717, 1.165) is 11.1 Å². The number of halogens is 2. The lowest BCUT2D eigenvalue weighted by Crippen LogP contribution is -2.50. The van der Waals surface area contributed by atoms with Gasteiger partial charge in [0.2, 0.25) is 10.0 Å². The van der Waals surface area contributed by atoms with Crippen LogP contribution in [0, 0.1) is 21.7 Å². The van der Waals surface area contributed by atoms with Crippen molar-refractivity contribution >= 4 is 15.7 Å². The molecule has 3 aromatic rings. The number of nitro groups is 1. The van der Waals surface area contributed by atoms with E-state index >= 15 is 0 Å². The average Bonchev–Trinajstić information content (AvgIpc) is 2.82. The summed E-state index contributed by atoms with van der Waals surface area (Å²) >= 11 is 0. The lowest BCUT2D eigenvalue weighted by molar-refractivity contribution is -0.385. The van der Waals surface area contributed by atoms with Crippen molar-refractivity contribution in [3.63, 3.8) is 0 Å². The Labute approximate surface area is 196 Å². The maximum atomic E-state index is 13.5. The van der Waals surface area contributed by atoms with Crippen molar-refractivity contribution in [3.05, 3.63) is 111 Å². The van der Waals surface area contributed by atoms with Gasteiger partial charge in [0.05, 0.1) is 16.7 Å². The van der Waals surface area contributed by atoms with Crippen LogP contribution in [0.1, 0.15) is 22.7 Å². The van der Waals surface area contributed by atoms with E-state index in [1.165, 1.54) is 46.8 Å². The molecule has 0 radical (unpaired) electrons. The number of benzene rings is 3. The molecule has 0 unspecified atom stereocenters. The van der Waals surface area contributed by atoms with E-state index in [4.69, 9.17) is 0 Å². The maximum Gasteiger partial charge on any atom is 0.273 e. The lowest BCUT2D eigenvalue weighted by atomic mass is 9.96. The number of para-hydroxylation sites is 1. The van der Waals surface area contributed by atoms with Crippen LogP contribution in [0.2, 0.25) is 0 Å². The van der Waals surface area contributed by atoms with E-state index in [-0.39, 0.29) is 42.0 Å². The molecule has 0 bridgehead atoms. The first-order valence-electron chi connectivity index (χ1n) is 10.7. The highest BCUT2D eigenvalue weighted by Gasteiger charge is 2.32. The third-order valence-electron chi connectivity index (χ3n) is 5.93. The molecule has 34 heavy (non-hydrogen) atoms. The van der Waals surface area contributed by atoms with Gasteiger partial charge in [-0.15, -0.1) is 0 Å². The van der Waals surface area contributed by atoms with Crippen LogP contribution in [0.25, 0.3) is 0 Å². The van der Waals surface area contributed by atoms with E-state index in [0.29, 0.717) is 13.1 Å². The monoisotopic (exact) mass is 487 g/mol. The first-order chi connectivity index (χ1) is 16.2. The summed E-state index contributed by atoms with van der Waals surface area (Å²) in [5.41, 5.74) is 1.54. The van der Waals surface area contributed by atoms with E-state index in [1.54, 1.807) is 30.3 Å². The molecule has 1 aliphatic rings. The number of piperazine rings is 1. The number of rotatable bonds is 7. The van der Waals surface area contributed by atoms with Gasteiger partial charge >= 0.3 is 0 Å². The Bertz CT molecular complexity index is 1210. The SMILES string of the molecule is O=[N+]([O-])c1ccccc1CS(=O)(=O)N1CCN(C(c2ccc(F)cc2)c2ccc(F)cc2)CC1. The fourth-order valence-electron chi connectivity index (χ4n) is 4.24. The topological polar surface area (TPSA) is 83.8 Å². The van der Waals surface area contributed by atoms with Crippen LogP contribution in [0.5, 0.6) is 0 Å². The van der Waals surface area contributed by atoms with Gasteiger partial charge in [-0.3, -0.25) is 15.0 Å². The lowest BCUT2D eigenvalue weighted by Gasteiger charge is -2.39. The second-order valence-electron chi connectivity index (χ2n) is 8.08. The maximum absolute atomic E-state index is 13.5. The molecule has 7 nitrogen and oxygen atoms in total. The Hall–Kier alpha value is -3.21. The van der Waals surface area contributed by atoms with Crippen molar-refractivity contribution in [3.8, 4) is 0 Å². The Balaban J connectivity index is 1.53. The molecule has 10 heteroatoms. The summed E-state index contributed by atoms with van der Waals surface area (Å²) in [6.07, 6.45) is 0. The normalized spacial score (nSPS) is 15.5. The van der Waals surface area contributed by atoms with E-state index in [9.17, 15) is 27.3 Å². The Morgan fingerprint density at radius 3 is 1.82 bits per heavy atom. The van der Waals surface area contributed by atoms with Crippen molar-refractivity contribution in [2.75, 3.05) is 26.2 Å². The smallest absolute Gasteiger partial charge is 0.273 e. The number of hydrogen-bond acceptors (Lipinski definition) is 5. The molecule has 0 amide bonds. The quantitative estimate of drug-likeness (QED) is 0.370. The van der Waals surface area contributed by atoms with Gasteiger partial charge in [0.15, 0.2) is 0 Å². The summed E-state index contributed by atoms with van der Waals surface area (Å²) in [5.74, 6) is -1.19.